The number of aryl methyl sites for hydroxylation is 1. The van der Waals surface area contributed by atoms with Crippen LogP contribution >= 0.6 is 11.3 Å². The molecule has 1 aromatic heterocycles. The summed E-state index contributed by atoms with van der Waals surface area (Å²) in [4.78, 5) is 30.2. The number of amides is 1. The minimum atomic E-state index is -0.436. The molecule has 1 amide bonds. The Balaban J connectivity index is 2.23. The minimum Gasteiger partial charge on any atom is -0.461 e. The van der Waals surface area contributed by atoms with Crippen molar-refractivity contribution >= 4 is 28.3 Å². The van der Waals surface area contributed by atoms with Gasteiger partial charge in [0, 0.05) is 23.8 Å². The number of ether oxygens (including phenoxy) is 1. The van der Waals surface area contributed by atoms with Crippen molar-refractivity contribution in [2.45, 2.75) is 20.3 Å². The molecule has 1 saturated heterocycles. The van der Waals surface area contributed by atoms with Gasteiger partial charge < -0.3 is 4.74 Å². The summed E-state index contributed by atoms with van der Waals surface area (Å²) in [6.45, 7) is 8.16. The number of carbonyl (C=O) groups is 2. The smallest absolute Gasteiger partial charge is 0.358 e. The lowest BCUT2D eigenvalue weighted by atomic mass is 10.1. The second-order valence-electron chi connectivity index (χ2n) is 4.33. The van der Waals surface area contributed by atoms with E-state index in [9.17, 15) is 9.59 Å². The Morgan fingerprint density at radius 1 is 1.68 bits per heavy atom. The van der Waals surface area contributed by atoms with E-state index in [2.05, 4.69) is 11.6 Å². The van der Waals surface area contributed by atoms with Gasteiger partial charge >= 0.3 is 5.97 Å². The fourth-order valence-corrected chi connectivity index (χ4v) is 2.89. The zero-order valence-electron chi connectivity index (χ0n) is 11.0. The second-order valence-corrected chi connectivity index (χ2v) is 5.51. The number of nitrogens with zero attached hydrogens (tertiary/aromatic N) is 2. The average Bonchev–Trinajstić information content (AvgIpc) is 2.92. The molecular weight excluding hydrogens is 264 g/mol. The van der Waals surface area contributed by atoms with Gasteiger partial charge in [0.2, 0.25) is 5.91 Å². The van der Waals surface area contributed by atoms with Crippen molar-refractivity contribution in [3.63, 3.8) is 0 Å². The van der Waals surface area contributed by atoms with Crippen molar-refractivity contribution in [2.24, 2.45) is 5.92 Å². The number of thiazole rings is 1. The Morgan fingerprint density at radius 3 is 3.00 bits per heavy atom. The average molecular weight is 280 g/mol. The molecule has 0 spiro atoms. The summed E-state index contributed by atoms with van der Waals surface area (Å²) in [5.74, 6) is -0.258. The molecule has 2 heterocycles. The summed E-state index contributed by atoms with van der Waals surface area (Å²) in [6.07, 6.45) is 2.24. The van der Waals surface area contributed by atoms with E-state index >= 15 is 0 Å². The molecule has 19 heavy (non-hydrogen) atoms. The highest BCUT2D eigenvalue weighted by Crippen LogP contribution is 2.31. The number of esters is 1. The maximum Gasteiger partial charge on any atom is 0.358 e. The fraction of sp³-hybridized carbons (Fsp3) is 0.462. The van der Waals surface area contributed by atoms with Crippen molar-refractivity contribution in [3.8, 4) is 0 Å². The van der Waals surface area contributed by atoms with E-state index in [0.717, 1.165) is 4.88 Å². The molecule has 1 aliphatic heterocycles. The van der Waals surface area contributed by atoms with Crippen LogP contribution in [-0.4, -0.2) is 30.0 Å². The van der Waals surface area contributed by atoms with Crippen LogP contribution in [0.25, 0.3) is 0 Å². The first-order valence-electron chi connectivity index (χ1n) is 6.14. The monoisotopic (exact) mass is 280 g/mol. The van der Waals surface area contributed by atoms with Gasteiger partial charge in [-0.2, -0.15) is 0 Å². The predicted octanol–water partition coefficient (Wildman–Crippen LogP) is 2.17. The first-order valence-corrected chi connectivity index (χ1v) is 6.96. The summed E-state index contributed by atoms with van der Waals surface area (Å²) >= 11 is 1.34. The molecule has 0 radical (unpaired) electrons. The molecule has 0 N–H and O–H groups in total. The molecule has 1 aromatic rings. The van der Waals surface area contributed by atoms with Gasteiger partial charge in [0.1, 0.15) is 0 Å². The molecule has 0 saturated carbocycles. The number of rotatable bonds is 4. The van der Waals surface area contributed by atoms with E-state index in [0.29, 0.717) is 30.4 Å². The zero-order chi connectivity index (χ0) is 14.0. The molecule has 0 aliphatic carbocycles. The van der Waals surface area contributed by atoms with Crippen LogP contribution in [0.5, 0.6) is 0 Å². The summed E-state index contributed by atoms with van der Waals surface area (Å²) < 4.78 is 4.94. The number of anilines is 1. The number of aromatic nitrogens is 1. The third kappa shape index (κ3) is 2.68. The number of carbonyl (C=O) groups excluding carboxylic acids is 2. The molecule has 1 unspecified atom stereocenters. The van der Waals surface area contributed by atoms with Gasteiger partial charge in [-0.1, -0.05) is 6.08 Å². The lowest BCUT2D eigenvalue weighted by molar-refractivity contribution is -0.117. The van der Waals surface area contributed by atoms with Crippen molar-refractivity contribution in [1.29, 1.82) is 0 Å². The van der Waals surface area contributed by atoms with Crippen LogP contribution in [-0.2, 0) is 9.53 Å². The molecule has 5 nitrogen and oxygen atoms in total. The van der Waals surface area contributed by atoms with Gasteiger partial charge in [-0.25, -0.2) is 9.78 Å². The third-order valence-electron chi connectivity index (χ3n) is 2.97. The standard InChI is InChI=1S/C13H16N2O3S/c1-4-9-6-10(16)15(7-9)13-14-11(8(3)19-13)12(17)18-5-2/h4,9H,1,5-7H2,2-3H3. The van der Waals surface area contributed by atoms with Gasteiger partial charge in [0.15, 0.2) is 10.8 Å². The first-order chi connectivity index (χ1) is 9.06. The van der Waals surface area contributed by atoms with Crippen LogP contribution in [0.4, 0.5) is 5.13 Å². The Bertz CT molecular complexity index is 524. The molecule has 6 heteroatoms. The lowest BCUT2D eigenvalue weighted by Gasteiger charge is -2.11. The highest BCUT2D eigenvalue weighted by Gasteiger charge is 2.31. The topological polar surface area (TPSA) is 59.5 Å². The van der Waals surface area contributed by atoms with E-state index < -0.39 is 5.97 Å². The molecule has 1 fully saturated rings. The Kier molecular flexibility index (Phi) is 3.99. The Labute approximate surface area is 115 Å². The van der Waals surface area contributed by atoms with E-state index in [4.69, 9.17) is 4.74 Å². The summed E-state index contributed by atoms with van der Waals surface area (Å²) in [7, 11) is 0. The lowest BCUT2D eigenvalue weighted by Crippen LogP contribution is -2.24. The highest BCUT2D eigenvalue weighted by atomic mass is 32.1. The first kappa shape index (κ1) is 13.7. The van der Waals surface area contributed by atoms with Gasteiger partial charge in [-0.3, -0.25) is 9.69 Å². The van der Waals surface area contributed by atoms with E-state index in [-0.39, 0.29) is 11.8 Å². The molecule has 0 bridgehead atoms. The van der Waals surface area contributed by atoms with E-state index in [1.165, 1.54) is 11.3 Å². The molecule has 1 atom stereocenters. The third-order valence-corrected chi connectivity index (χ3v) is 3.97. The minimum absolute atomic E-state index is 0.0223. The molecule has 1 aliphatic rings. The van der Waals surface area contributed by atoms with Gasteiger partial charge in [-0.15, -0.1) is 17.9 Å². The van der Waals surface area contributed by atoms with Crippen LogP contribution in [0.2, 0.25) is 0 Å². The van der Waals surface area contributed by atoms with Gasteiger partial charge in [0.25, 0.3) is 0 Å². The quantitative estimate of drug-likeness (QED) is 0.626. The van der Waals surface area contributed by atoms with Crippen molar-refractivity contribution in [3.05, 3.63) is 23.2 Å². The van der Waals surface area contributed by atoms with Crippen LogP contribution in [0.3, 0.4) is 0 Å². The van der Waals surface area contributed by atoms with Crippen LogP contribution < -0.4 is 4.90 Å². The van der Waals surface area contributed by atoms with E-state index in [1.54, 1.807) is 24.8 Å². The number of hydrogen-bond acceptors (Lipinski definition) is 5. The summed E-state index contributed by atoms with van der Waals surface area (Å²) in [5.41, 5.74) is 0.303. The van der Waals surface area contributed by atoms with E-state index in [1.807, 2.05) is 0 Å². The highest BCUT2D eigenvalue weighted by molar-refractivity contribution is 7.16. The Hall–Kier alpha value is -1.69. The molecular formula is C13H16N2O3S. The maximum atomic E-state index is 11.9. The molecule has 2 rings (SSSR count). The normalized spacial score (nSPS) is 18.7. The predicted molar refractivity (Wildman–Crippen MR) is 73.5 cm³/mol. The zero-order valence-corrected chi connectivity index (χ0v) is 11.8. The molecule has 0 aromatic carbocycles. The largest absolute Gasteiger partial charge is 0.461 e. The van der Waals surface area contributed by atoms with Crippen molar-refractivity contribution in [1.82, 2.24) is 4.98 Å². The fourth-order valence-electron chi connectivity index (χ4n) is 1.96. The van der Waals surface area contributed by atoms with Crippen molar-refractivity contribution in [2.75, 3.05) is 18.1 Å². The van der Waals surface area contributed by atoms with Crippen molar-refractivity contribution < 1.29 is 14.3 Å². The summed E-state index contributed by atoms with van der Waals surface area (Å²) in [5, 5.41) is 0.565. The van der Waals surface area contributed by atoms with Crippen LogP contribution in [0, 0.1) is 12.8 Å². The summed E-state index contributed by atoms with van der Waals surface area (Å²) in [6, 6.07) is 0. The molecule has 102 valence electrons. The van der Waals surface area contributed by atoms with Gasteiger partial charge in [-0.05, 0) is 13.8 Å². The SMILES string of the molecule is C=CC1CC(=O)N(c2nc(C(=O)OCC)c(C)s2)C1. The van der Waals surface area contributed by atoms with Gasteiger partial charge in [0.05, 0.1) is 6.61 Å². The second kappa shape index (κ2) is 5.52. The van der Waals surface area contributed by atoms with Crippen LogP contribution in [0.1, 0.15) is 28.7 Å². The Morgan fingerprint density at radius 2 is 2.42 bits per heavy atom. The number of hydrogen-bond donors (Lipinski definition) is 0. The maximum absolute atomic E-state index is 11.9. The van der Waals surface area contributed by atoms with Crippen LogP contribution in [0.15, 0.2) is 12.7 Å².